The van der Waals surface area contributed by atoms with Gasteiger partial charge in [0, 0.05) is 24.6 Å². The van der Waals surface area contributed by atoms with Crippen LogP contribution in [0.1, 0.15) is 35.1 Å². The second kappa shape index (κ2) is 10.5. The van der Waals surface area contributed by atoms with Crippen LogP contribution in [0.2, 0.25) is 0 Å². The van der Waals surface area contributed by atoms with E-state index < -0.39 is 52.7 Å². The van der Waals surface area contributed by atoms with E-state index in [0.29, 0.717) is 18.7 Å². The molecule has 2 unspecified atom stereocenters. The summed E-state index contributed by atoms with van der Waals surface area (Å²) in [7, 11) is 0. The van der Waals surface area contributed by atoms with Crippen LogP contribution in [0.3, 0.4) is 0 Å². The SMILES string of the molecule is NC(=O)C1C(=O)[C@@]2(O)C(=O)C3=C(O)c4c(O)ccc(-c5cccc(CNCc6ccccc6)c5)c4C[C@H]3C[C@H]2CC1O. The number of nitrogens with two attached hydrogens (primary N) is 1. The van der Waals surface area contributed by atoms with Crippen LogP contribution < -0.4 is 11.1 Å². The van der Waals surface area contributed by atoms with Crippen molar-refractivity contribution in [3.05, 3.63) is 94.6 Å². The topological polar surface area (TPSA) is 170 Å². The molecule has 0 radical (unpaired) electrons. The summed E-state index contributed by atoms with van der Waals surface area (Å²) < 4.78 is 0. The number of aliphatic hydroxyl groups excluding tert-OH is 2. The van der Waals surface area contributed by atoms with Gasteiger partial charge in [0.2, 0.25) is 11.7 Å². The Morgan fingerprint density at radius 2 is 1.67 bits per heavy atom. The Hall–Kier alpha value is -4.31. The number of Topliss-reactive ketones (excluding diaryl/α,β-unsaturated/α-hetero) is 2. The van der Waals surface area contributed by atoms with Crippen molar-refractivity contribution in [1.82, 2.24) is 5.32 Å². The first-order valence-electron chi connectivity index (χ1n) is 14.0. The molecule has 2 fully saturated rings. The number of aromatic hydroxyl groups is 1. The predicted octanol–water partition coefficient (Wildman–Crippen LogP) is 2.55. The van der Waals surface area contributed by atoms with Crippen LogP contribution in [0.15, 0.2) is 72.3 Å². The third-order valence-electron chi connectivity index (χ3n) is 9.01. The lowest BCUT2D eigenvalue weighted by Crippen LogP contribution is -2.66. The molecular weight excluding hydrogens is 536 g/mol. The molecule has 1 amide bonds. The molecule has 9 heteroatoms. The molecule has 0 aromatic heterocycles. The summed E-state index contributed by atoms with van der Waals surface area (Å²) in [5, 5.41) is 47.6. The van der Waals surface area contributed by atoms with Crippen molar-refractivity contribution in [2.75, 3.05) is 0 Å². The predicted molar refractivity (Wildman–Crippen MR) is 154 cm³/mol. The number of primary amides is 1. The van der Waals surface area contributed by atoms with E-state index in [4.69, 9.17) is 5.73 Å². The molecule has 0 saturated heterocycles. The molecule has 0 heterocycles. The minimum Gasteiger partial charge on any atom is -0.507 e. The Balaban J connectivity index is 1.35. The van der Waals surface area contributed by atoms with E-state index in [-0.39, 0.29) is 36.1 Å². The molecule has 0 aliphatic heterocycles. The molecule has 0 bridgehead atoms. The molecule has 3 aliphatic rings. The van der Waals surface area contributed by atoms with Crippen molar-refractivity contribution in [2.24, 2.45) is 23.5 Å². The zero-order valence-electron chi connectivity index (χ0n) is 22.8. The molecule has 216 valence electrons. The van der Waals surface area contributed by atoms with E-state index in [1.54, 1.807) is 6.07 Å². The van der Waals surface area contributed by atoms with Gasteiger partial charge >= 0.3 is 0 Å². The van der Waals surface area contributed by atoms with Gasteiger partial charge in [-0.25, -0.2) is 0 Å². The van der Waals surface area contributed by atoms with Crippen molar-refractivity contribution in [1.29, 1.82) is 0 Å². The lowest BCUT2D eigenvalue weighted by atomic mass is 9.56. The molecule has 6 rings (SSSR count). The highest BCUT2D eigenvalue weighted by atomic mass is 16.3. The van der Waals surface area contributed by atoms with Gasteiger partial charge in [-0.05, 0) is 65.1 Å². The van der Waals surface area contributed by atoms with Crippen LogP contribution in [0.5, 0.6) is 5.75 Å². The largest absolute Gasteiger partial charge is 0.507 e. The van der Waals surface area contributed by atoms with Gasteiger partial charge in [0.05, 0.1) is 11.7 Å². The first kappa shape index (κ1) is 27.8. The molecule has 42 heavy (non-hydrogen) atoms. The standard InChI is InChI=1S/C33H32N2O7/c34-32(41)28-25(37)14-21-12-20-13-23-22(19-8-4-7-18(11-19)16-35-15-17-5-2-1-3-6-17)9-10-24(36)27(23)29(38)26(20)30(39)33(21,42)31(28)40/h1-11,20-21,25,28,35-38,42H,12-16H2,(H2,34,41)/t20-,21+,25?,28?,33+/m1/s1. The number of benzene rings is 3. The molecule has 9 nitrogen and oxygen atoms in total. The number of hydrogen-bond donors (Lipinski definition) is 6. The number of ketones is 2. The van der Waals surface area contributed by atoms with Gasteiger partial charge in [-0.15, -0.1) is 0 Å². The number of aliphatic hydroxyl groups is 3. The highest BCUT2D eigenvalue weighted by molar-refractivity contribution is 6.24. The van der Waals surface area contributed by atoms with Crippen molar-refractivity contribution in [3.8, 4) is 16.9 Å². The zero-order valence-corrected chi connectivity index (χ0v) is 22.8. The number of carbonyl (C=O) groups excluding carboxylic acids is 3. The molecule has 2 saturated carbocycles. The molecule has 3 aromatic carbocycles. The van der Waals surface area contributed by atoms with Gasteiger partial charge in [-0.2, -0.15) is 0 Å². The lowest BCUT2D eigenvalue weighted by molar-refractivity contribution is -0.174. The number of nitrogens with one attached hydrogen (secondary N) is 1. The third kappa shape index (κ3) is 4.41. The molecule has 3 aliphatic carbocycles. The fourth-order valence-electron chi connectivity index (χ4n) is 6.99. The summed E-state index contributed by atoms with van der Waals surface area (Å²) in [6, 6.07) is 21.2. The maximum absolute atomic E-state index is 13.7. The molecular formula is C33H32N2O7. The average Bonchev–Trinajstić information content (AvgIpc) is 2.95. The van der Waals surface area contributed by atoms with Gasteiger partial charge in [0.25, 0.3) is 0 Å². The first-order chi connectivity index (χ1) is 20.1. The molecule has 5 atom stereocenters. The maximum atomic E-state index is 13.7. The van der Waals surface area contributed by atoms with Crippen molar-refractivity contribution >= 4 is 23.2 Å². The highest BCUT2D eigenvalue weighted by Gasteiger charge is 2.63. The van der Waals surface area contributed by atoms with E-state index in [2.05, 4.69) is 17.4 Å². The maximum Gasteiger partial charge on any atom is 0.230 e. The number of phenols is 1. The Morgan fingerprint density at radius 3 is 2.40 bits per heavy atom. The molecule has 3 aromatic rings. The second-order valence-electron chi connectivity index (χ2n) is 11.5. The van der Waals surface area contributed by atoms with E-state index in [1.807, 2.05) is 42.5 Å². The van der Waals surface area contributed by atoms with Crippen LogP contribution in [0.4, 0.5) is 0 Å². The van der Waals surface area contributed by atoms with Crippen molar-refractivity contribution in [3.63, 3.8) is 0 Å². The molecule has 7 N–H and O–H groups in total. The van der Waals surface area contributed by atoms with Gasteiger partial charge in [-0.1, -0.05) is 54.6 Å². The van der Waals surface area contributed by atoms with Crippen LogP contribution >= 0.6 is 0 Å². The summed E-state index contributed by atoms with van der Waals surface area (Å²) in [5.41, 5.74) is 7.15. The molecule has 0 spiro atoms. The lowest BCUT2D eigenvalue weighted by Gasteiger charge is -2.48. The van der Waals surface area contributed by atoms with Gasteiger partial charge in [-0.3, -0.25) is 14.4 Å². The fraction of sp³-hybridized carbons (Fsp3) is 0.303. The summed E-state index contributed by atoms with van der Waals surface area (Å²) >= 11 is 0. The zero-order chi connectivity index (χ0) is 29.8. The number of amides is 1. The minimum atomic E-state index is -2.59. The Labute approximate surface area is 242 Å². The summed E-state index contributed by atoms with van der Waals surface area (Å²) in [6.45, 7) is 1.33. The first-order valence-corrected chi connectivity index (χ1v) is 14.0. The number of carbonyl (C=O) groups is 3. The number of hydrogen-bond acceptors (Lipinski definition) is 8. The van der Waals surface area contributed by atoms with Gasteiger partial charge in [0.15, 0.2) is 11.4 Å². The Bertz CT molecular complexity index is 1630. The van der Waals surface area contributed by atoms with Crippen molar-refractivity contribution < 1.29 is 34.8 Å². The van der Waals surface area contributed by atoms with E-state index in [0.717, 1.165) is 16.7 Å². The fourth-order valence-corrected chi connectivity index (χ4v) is 6.99. The number of rotatable bonds is 6. The van der Waals surface area contributed by atoms with Crippen LogP contribution in [0.25, 0.3) is 16.9 Å². The Kier molecular flexibility index (Phi) is 6.97. The number of phenolic OH excluding ortho intramolecular Hbond substituents is 1. The minimum absolute atomic E-state index is 0.0801. The van der Waals surface area contributed by atoms with Crippen LogP contribution in [0, 0.1) is 17.8 Å². The highest BCUT2D eigenvalue weighted by Crippen LogP contribution is 2.52. The van der Waals surface area contributed by atoms with E-state index in [9.17, 15) is 34.8 Å². The second-order valence-corrected chi connectivity index (χ2v) is 11.5. The van der Waals surface area contributed by atoms with Gasteiger partial charge in [0.1, 0.15) is 17.4 Å². The van der Waals surface area contributed by atoms with Crippen molar-refractivity contribution in [2.45, 2.75) is 44.1 Å². The smallest absolute Gasteiger partial charge is 0.230 e. The summed E-state index contributed by atoms with van der Waals surface area (Å²) in [6.07, 6.45) is -1.20. The monoisotopic (exact) mass is 568 g/mol. The normalized spacial score (nSPS) is 26.8. The van der Waals surface area contributed by atoms with E-state index in [1.165, 1.54) is 11.6 Å². The van der Waals surface area contributed by atoms with E-state index >= 15 is 0 Å². The Morgan fingerprint density at radius 1 is 0.952 bits per heavy atom. The van der Waals surface area contributed by atoms with Crippen LogP contribution in [-0.2, 0) is 33.9 Å². The quantitative estimate of drug-likeness (QED) is 0.246. The average molecular weight is 569 g/mol. The van der Waals surface area contributed by atoms with Gasteiger partial charge < -0.3 is 31.5 Å². The van der Waals surface area contributed by atoms with Crippen LogP contribution in [-0.4, -0.2) is 49.6 Å². The number of fused-ring (bicyclic) bond motifs is 3. The summed E-state index contributed by atoms with van der Waals surface area (Å²) in [4.78, 5) is 38.8. The third-order valence-corrected chi connectivity index (χ3v) is 9.01. The summed E-state index contributed by atoms with van der Waals surface area (Å²) in [5.74, 6) is -7.26.